The Bertz CT molecular complexity index is 1240. The van der Waals surface area contributed by atoms with Gasteiger partial charge in [-0.3, -0.25) is 0 Å². The van der Waals surface area contributed by atoms with Crippen molar-refractivity contribution in [1.82, 2.24) is 5.43 Å². The van der Waals surface area contributed by atoms with Gasteiger partial charge in [0.2, 0.25) is 9.84 Å². The minimum Gasteiger partial charge on any atom is -0.320 e. The van der Waals surface area contributed by atoms with Gasteiger partial charge in [0.25, 0.3) is 0 Å². The summed E-state index contributed by atoms with van der Waals surface area (Å²) in [4.78, 5) is 0.484. The molecule has 0 saturated heterocycles. The zero-order valence-electron chi connectivity index (χ0n) is 16.5. The first kappa shape index (κ1) is 19.9. The van der Waals surface area contributed by atoms with Gasteiger partial charge < -0.3 is 5.43 Å². The summed E-state index contributed by atoms with van der Waals surface area (Å²) in [5.74, 6) is 0. The summed E-state index contributed by atoms with van der Waals surface area (Å²) < 4.78 is 27.0. The predicted octanol–water partition coefficient (Wildman–Crippen LogP) is 5.40. The first-order chi connectivity index (χ1) is 14.6. The van der Waals surface area contributed by atoms with Crippen LogP contribution in [0.4, 0.5) is 5.69 Å². The standard InChI is InChI=1S/C25H22N2O2S/c1-26-27-25-23(30(28,29)21-15-9-4-10-16-21)18-17-22(19-11-5-2-6-12-19)24(25)20-13-7-3-8-14-20/h2-18,26-27H,1H3. The maximum Gasteiger partial charge on any atom is 0.208 e. The molecule has 30 heavy (non-hydrogen) atoms. The van der Waals surface area contributed by atoms with Gasteiger partial charge in [-0.1, -0.05) is 84.9 Å². The second kappa shape index (κ2) is 8.53. The Labute approximate surface area is 177 Å². The van der Waals surface area contributed by atoms with Crippen LogP contribution in [0, 0.1) is 0 Å². The van der Waals surface area contributed by atoms with Crippen molar-refractivity contribution in [3.05, 3.63) is 103 Å². The van der Waals surface area contributed by atoms with E-state index in [1.807, 2.05) is 66.7 Å². The van der Waals surface area contributed by atoms with Crippen molar-refractivity contribution in [2.24, 2.45) is 0 Å². The molecular weight excluding hydrogens is 392 g/mol. The van der Waals surface area contributed by atoms with E-state index in [9.17, 15) is 8.42 Å². The number of anilines is 1. The van der Waals surface area contributed by atoms with Gasteiger partial charge in [0, 0.05) is 12.6 Å². The monoisotopic (exact) mass is 414 g/mol. The molecule has 0 aliphatic carbocycles. The molecule has 0 fully saturated rings. The molecule has 4 nitrogen and oxygen atoms in total. The summed E-state index contributed by atoms with van der Waals surface area (Å²) in [6.45, 7) is 0. The van der Waals surface area contributed by atoms with E-state index in [0.717, 1.165) is 22.3 Å². The predicted molar refractivity (Wildman–Crippen MR) is 122 cm³/mol. The Morgan fingerprint density at radius 3 is 1.73 bits per heavy atom. The third-order valence-corrected chi connectivity index (χ3v) is 6.72. The van der Waals surface area contributed by atoms with E-state index < -0.39 is 9.84 Å². The molecule has 0 atom stereocenters. The van der Waals surface area contributed by atoms with Crippen molar-refractivity contribution in [3.8, 4) is 22.3 Å². The van der Waals surface area contributed by atoms with Crippen LogP contribution in [0.3, 0.4) is 0 Å². The fourth-order valence-electron chi connectivity index (χ4n) is 3.55. The van der Waals surface area contributed by atoms with E-state index in [0.29, 0.717) is 5.69 Å². The van der Waals surface area contributed by atoms with Gasteiger partial charge in [-0.15, -0.1) is 0 Å². The summed E-state index contributed by atoms with van der Waals surface area (Å²) in [5, 5.41) is 0. The minimum atomic E-state index is -3.72. The molecular formula is C25H22N2O2S. The first-order valence-corrected chi connectivity index (χ1v) is 11.1. The number of hydrogen-bond donors (Lipinski definition) is 2. The lowest BCUT2D eigenvalue weighted by atomic mass is 9.93. The van der Waals surface area contributed by atoms with Gasteiger partial charge >= 0.3 is 0 Å². The molecule has 150 valence electrons. The smallest absolute Gasteiger partial charge is 0.208 e. The van der Waals surface area contributed by atoms with Gasteiger partial charge in [-0.25, -0.2) is 13.8 Å². The molecule has 0 amide bonds. The van der Waals surface area contributed by atoms with Crippen molar-refractivity contribution in [2.75, 3.05) is 12.5 Å². The molecule has 5 heteroatoms. The van der Waals surface area contributed by atoms with E-state index in [1.54, 1.807) is 43.4 Å². The molecule has 0 radical (unpaired) electrons. The van der Waals surface area contributed by atoms with Crippen molar-refractivity contribution in [2.45, 2.75) is 9.79 Å². The Morgan fingerprint density at radius 2 is 1.17 bits per heavy atom. The third-order valence-electron chi connectivity index (χ3n) is 4.91. The van der Waals surface area contributed by atoms with Crippen LogP contribution in [-0.2, 0) is 9.84 Å². The molecule has 0 unspecified atom stereocenters. The van der Waals surface area contributed by atoms with E-state index in [2.05, 4.69) is 10.9 Å². The van der Waals surface area contributed by atoms with Crippen LogP contribution in [0.15, 0.2) is 113 Å². The summed E-state index contributed by atoms with van der Waals surface area (Å²) in [7, 11) is -2.00. The number of nitrogens with one attached hydrogen (secondary N) is 2. The molecule has 0 aliphatic rings. The zero-order valence-corrected chi connectivity index (χ0v) is 17.4. The minimum absolute atomic E-state index is 0.224. The molecule has 0 aromatic heterocycles. The Hall–Kier alpha value is -3.41. The second-order valence-corrected chi connectivity index (χ2v) is 8.70. The topological polar surface area (TPSA) is 58.2 Å². The summed E-state index contributed by atoms with van der Waals surface area (Å²) >= 11 is 0. The second-order valence-electron chi connectivity index (χ2n) is 6.78. The van der Waals surface area contributed by atoms with Crippen LogP contribution < -0.4 is 10.9 Å². The van der Waals surface area contributed by atoms with Crippen LogP contribution in [0.25, 0.3) is 22.3 Å². The Morgan fingerprint density at radius 1 is 0.633 bits per heavy atom. The van der Waals surface area contributed by atoms with E-state index in [1.165, 1.54) is 0 Å². The summed E-state index contributed by atoms with van der Waals surface area (Å²) in [5.41, 5.74) is 10.3. The van der Waals surface area contributed by atoms with Gasteiger partial charge in [0.15, 0.2) is 0 Å². The normalized spacial score (nSPS) is 11.2. The van der Waals surface area contributed by atoms with Crippen molar-refractivity contribution >= 4 is 15.5 Å². The highest BCUT2D eigenvalue weighted by Crippen LogP contribution is 2.42. The van der Waals surface area contributed by atoms with Crippen LogP contribution >= 0.6 is 0 Å². The van der Waals surface area contributed by atoms with E-state index >= 15 is 0 Å². The van der Waals surface area contributed by atoms with Crippen LogP contribution in [-0.4, -0.2) is 15.5 Å². The van der Waals surface area contributed by atoms with Crippen LogP contribution in [0.2, 0.25) is 0 Å². The maximum absolute atomic E-state index is 13.5. The number of benzene rings is 4. The molecule has 4 rings (SSSR count). The SMILES string of the molecule is CNNc1c(S(=O)(=O)c2ccccc2)ccc(-c2ccccc2)c1-c1ccccc1. The average molecular weight is 415 g/mol. The van der Waals surface area contributed by atoms with Gasteiger partial charge in [-0.2, -0.15) is 0 Å². The lowest BCUT2D eigenvalue weighted by molar-refractivity contribution is 0.596. The first-order valence-electron chi connectivity index (χ1n) is 9.63. The molecule has 0 heterocycles. The van der Waals surface area contributed by atoms with Crippen molar-refractivity contribution in [3.63, 3.8) is 0 Å². The van der Waals surface area contributed by atoms with Gasteiger partial charge in [0.05, 0.1) is 15.5 Å². The number of hydrazine groups is 1. The average Bonchev–Trinajstić information content (AvgIpc) is 2.80. The van der Waals surface area contributed by atoms with E-state index in [-0.39, 0.29) is 9.79 Å². The van der Waals surface area contributed by atoms with Crippen LogP contribution in [0.1, 0.15) is 0 Å². The largest absolute Gasteiger partial charge is 0.320 e. The molecule has 0 saturated carbocycles. The fraction of sp³-hybridized carbons (Fsp3) is 0.0400. The van der Waals surface area contributed by atoms with E-state index in [4.69, 9.17) is 0 Å². The number of sulfone groups is 1. The highest BCUT2D eigenvalue weighted by molar-refractivity contribution is 7.91. The highest BCUT2D eigenvalue weighted by atomic mass is 32.2. The highest BCUT2D eigenvalue weighted by Gasteiger charge is 2.25. The molecule has 0 spiro atoms. The Kier molecular flexibility index (Phi) is 5.65. The summed E-state index contributed by atoms with van der Waals surface area (Å²) in [6, 6.07) is 31.8. The lowest BCUT2D eigenvalue weighted by Crippen LogP contribution is -2.19. The van der Waals surface area contributed by atoms with Gasteiger partial charge in [0.1, 0.15) is 0 Å². The van der Waals surface area contributed by atoms with Crippen LogP contribution in [0.5, 0.6) is 0 Å². The number of hydrogen-bond acceptors (Lipinski definition) is 4. The quantitative estimate of drug-likeness (QED) is 0.415. The molecule has 4 aromatic rings. The van der Waals surface area contributed by atoms with Gasteiger partial charge in [-0.05, 0) is 34.9 Å². The molecule has 4 aromatic carbocycles. The third kappa shape index (κ3) is 3.73. The summed E-state index contributed by atoms with van der Waals surface area (Å²) in [6.07, 6.45) is 0. The van der Waals surface area contributed by atoms with Crippen molar-refractivity contribution in [1.29, 1.82) is 0 Å². The maximum atomic E-state index is 13.5. The zero-order chi connectivity index (χ0) is 21.0. The molecule has 2 N–H and O–H groups in total. The Balaban J connectivity index is 2.05. The molecule has 0 bridgehead atoms. The fourth-order valence-corrected chi connectivity index (χ4v) is 4.98. The van der Waals surface area contributed by atoms with Crippen molar-refractivity contribution < 1.29 is 8.42 Å². The molecule has 0 aliphatic heterocycles. The number of rotatable bonds is 6. The lowest BCUT2D eigenvalue weighted by Gasteiger charge is -2.20.